The van der Waals surface area contributed by atoms with E-state index in [0.717, 1.165) is 243 Å². The van der Waals surface area contributed by atoms with Crippen molar-refractivity contribution in [1.29, 1.82) is 0 Å². The van der Waals surface area contributed by atoms with Crippen LogP contribution in [-0.2, 0) is 0 Å². The Morgan fingerprint density at radius 2 is 0.287 bits per heavy atom. The van der Waals surface area contributed by atoms with E-state index in [0.29, 0.717) is 71.9 Å². The Morgan fingerprint density at radius 1 is 0.157 bits per heavy atom. The first-order valence-corrected chi connectivity index (χ1v) is 42.2. The summed E-state index contributed by atoms with van der Waals surface area (Å²) in [7, 11) is 0. The number of carbonyl (C=O) groups excluding carboxylic acids is 6. The summed E-state index contributed by atoms with van der Waals surface area (Å²) >= 11 is 0. The molecule has 108 heavy (non-hydrogen) atoms. The average Bonchev–Trinajstić information content (AvgIpc) is 0.763. The lowest BCUT2D eigenvalue weighted by molar-refractivity contribution is 0.0971. The van der Waals surface area contributed by atoms with Gasteiger partial charge in [-0.15, -0.1) is 0 Å². The summed E-state index contributed by atoms with van der Waals surface area (Å²) in [5.41, 5.74) is 19.5. The summed E-state index contributed by atoms with van der Waals surface area (Å²) in [5.74, 6) is 0.861. The standard InChI is InChI=1S/C102H122O6/c1-7-13-19-25-31-37-93(103)79-51-43-75(44-52-79)89-71-73-91(77-47-55-81(56-48-77)95(105)39-33-27-21-15-9-3)101(99(89)85-63-59-83(60-64-85)97(107)41-35-29-23-17-11-5)87-67-69-88(70-68-87)102-92(78-49-57-82(58-50-78)96(106)40-34-28-22-16-10-4)74-72-90(76-45-53-80(54-46-76)94(104)38-32-26-20-14-8-2)100(102)86-65-61-84(62-66-86)98(108)42-36-30-24-18-12-6/h43-74H,7-42H2,1-6H3. The fourth-order valence-electron chi connectivity index (χ4n) is 15.4. The molecule has 0 amide bonds. The minimum absolute atomic E-state index is 0.137. The van der Waals surface area contributed by atoms with E-state index in [1.807, 2.05) is 72.8 Å². The number of rotatable bonds is 50. The molecule has 9 aromatic rings. The van der Waals surface area contributed by atoms with Crippen LogP contribution in [0.3, 0.4) is 0 Å². The maximum atomic E-state index is 14.0. The smallest absolute Gasteiger partial charge is 0.162 e. The molecule has 0 aliphatic carbocycles. The molecule has 0 unspecified atom stereocenters. The van der Waals surface area contributed by atoms with Gasteiger partial charge in [0.25, 0.3) is 0 Å². The third kappa shape index (κ3) is 24.0. The van der Waals surface area contributed by atoms with Crippen LogP contribution in [0.1, 0.15) is 335 Å². The Kier molecular flexibility index (Phi) is 34.7. The summed E-state index contributed by atoms with van der Waals surface area (Å²) in [6.07, 6.45) is 35.1. The second kappa shape index (κ2) is 45.1. The van der Waals surface area contributed by atoms with Gasteiger partial charge in [0.1, 0.15) is 0 Å². The summed E-state index contributed by atoms with van der Waals surface area (Å²) in [6, 6.07) is 66.6. The van der Waals surface area contributed by atoms with Gasteiger partial charge in [-0.25, -0.2) is 0 Å². The molecule has 0 aromatic heterocycles. The van der Waals surface area contributed by atoms with Crippen LogP contribution in [0.2, 0.25) is 0 Å². The largest absolute Gasteiger partial charge is 0.294 e. The van der Waals surface area contributed by atoms with E-state index in [1.165, 1.54) is 38.5 Å². The summed E-state index contributed by atoms with van der Waals surface area (Å²) in [6.45, 7) is 13.2. The number of benzene rings is 9. The van der Waals surface area contributed by atoms with Gasteiger partial charge in [0.15, 0.2) is 34.7 Å². The van der Waals surface area contributed by atoms with E-state index in [2.05, 4.69) is 163 Å². The molecule has 0 saturated heterocycles. The van der Waals surface area contributed by atoms with Crippen LogP contribution in [0.5, 0.6) is 0 Å². The molecule has 0 aliphatic rings. The van der Waals surface area contributed by atoms with Crippen molar-refractivity contribution in [3.8, 4) is 89.0 Å². The minimum atomic E-state index is 0.137. The van der Waals surface area contributed by atoms with Gasteiger partial charge in [-0.2, -0.15) is 0 Å². The number of hydrogen-bond donors (Lipinski definition) is 0. The highest BCUT2D eigenvalue weighted by atomic mass is 16.1. The lowest BCUT2D eigenvalue weighted by Gasteiger charge is -2.23. The molecule has 0 saturated carbocycles. The molecule has 0 fully saturated rings. The van der Waals surface area contributed by atoms with E-state index in [9.17, 15) is 28.8 Å². The molecular weight excluding hydrogens is 1320 g/mol. The molecule has 6 heteroatoms. The van der Waals surface area contributed by atoms with Gasteiger partial charge < -0.3 is 0 Å². The van der Waals surface area contributed by atoms with Crippen molar-refractivity contribution in [2.45, 2.75) is 273 Å². The lowest BCUT2D eigenvalue weighted by atomic mass is 9.80. The second-order valence-corrected chi connectivity index (χ2v) is 30.4. The van der Waals surface area contributed by atoms with Crippen LogP contribution in [0, 0.1) is 0 Å². The molecule has 0 N–H and O–H groups in total. The number of hydrogen-bond acceptors (Lipinski definition) is 6. The molecule has 9 rings (SSSR count). The van der Waals surface area contributed by atoms with Gasteiger partial charge >= 0.3 is 0 Å². The SMILES string of the molecule is CCCCCCCC(=O)c1ccc(-c2ccc(-c3ccc(C(=O)CCCCCCC)cc3)c(-c3ccc(-c4c(-c5ccc(C(=O)CCCCCCC)cc5)ccc(-c5ccc(C(=O)CCCCCCC)cc5)c4-c4ccc(C(=O)CCCCCCC)cc4)cc3)c2-c2ccc(C(=O)CCCCCCC)cc2)cc1. The van der Waals surface area contributed by atoms with Crippen molar-refractivity contribution in [2.24, 2.45) is 0 Å². The zero-order chi connectivity index (χ0) is 76.2. The van der Waals surface area contributed by atoms with Crippen molar-refractivity contribution in [3.05, 3.63) is 228 Å². The fraction of sp³-hybridized carbons (Fsp3) is 0.412. The second-order valence-electron chi connectivity index (χ2n) is 30.4. The Morgan fingerprint density at radius 3 is 0.435 bits per heavy atom. The molecule has 566 valence electrons. The zero-order valence-electron chi connectivity index (χ0n) is 66.4. The predicted octanol–water partition coefficient (Wildman–Crippen LogP) is 30.3. The van der Waals surface area contributed by atoms with Gasteiger partial charge in [0.05, 0.1) is 0 Å². The maximum Gasteiger partial charge on any atom is 0.162 e. The molecule has 0 heterocycles. The zero-order valence-corrected chi connectivity index (χ0v) is 66.4. The average molecular weight is 1440 g/mol. The fourth-order valence-corrected chi connectivity index (χ4v) is 15.4. The van der Waals surface area contributed by atoms with Crippen LogP contribution in [0.25, 0.3) is 89.0 Å². The van der Waals surface area contributed by atoms with Crippen molar-refractivity contribution in [3.63, 3.8) is 0 Å². The number of carbonyl (C=O) groups is 6. The van der Waals surface area contributed by atoms with E-state index < -0.39 is 0 Å². The highest BCUT2D eigenvalue weighted by Crippen LogP contribution is 2.50. The number of ketones is 6. The Bertz CT molecular complexity index is 4010. The molecule has 0 bridgehead atoms. The monoisotopic (exact) mass is 1440 g/mol. The van der Waals surface area contributed by atoms with Crippen molar-refractivity contribution in [2.75, 3.05) is 0 Å². The van der Waals surface area contributed by atoms with Gasteiger partial charge in [0.2, 0.25) is 0 Å². The minimum Gasteiger partial charge on any atom is -0.294 e. The highest BCUT2D eigenvalue weighted by Gasteiger charge is 2.25. The molecule has 0 radical (unpaired) electrons. The van der Waals surface area contributed by atoms with Gasteiger partial charge in [-0.1, -0.05) is 390 Å². The first-order valence-electron chi connectivity index (χ1n) is 42.2. The molecule has 0 atom stereocenters. The van der Waals surface area contributed by atoms with Gasteiger partial charge in [-0.05, 0) is 128 Å². The van der Waals surface area contributed by atoms with Crippen molar-refractivity contribution in [1.82, 2.24) is 0 Å². The normalized spacial score (nSPS) is 11.3. The number of unbranched alkanes of at least 4 members (excludes halogenated alkanes) is 24. The van der Waals surface area contributed by atoms with E-state index in [4.69, 9.17) is 0 Å². The maximum absolute atomic E-state index is 14.0. The Hall–Kier alpha value is -9.00. The van der Waals surface area contributed by atoms with Gasteiger partial charge in [0, 0.05) is 71.9 Å². The van der Waals surface area contributed by atoms with Crippen LogP contribution in [0.15, 0.2) is 194 Å². The summed E-state index contributed by atoms with van der Waals surface area (Å²) < 4.78 is 0. The van der Waals surface area contributed by atoms with Gasteiger partial charge in [-0.3, -0.25) is 28.8 Å². The lowest BCUT2D eigenvalue weighted by Crippen LogP contribution is -2.01. The third-order valence-electron chi connectivity index (χ3n) is 22.0. The quantitative estimate of drug-likeness (QED) is 0.0278. The van der Waals surface area contributed by atoms with Crippen LogP contribution in [0.4, 0.5) is 0 Å². The summed E-state index contributed by atoms with van der Waals surface area (Å²) in [4.78, 5) is 83.4. The molecular formula is C102H122O6. The van der Waals surface area contributed by atoms with Crippen molar-refractivity contribution >= 4 is 34.7 Å². The summed E-state index contributed by atoms with van der Waals surface area (Å²) in [5, 5.41) is 0. The number of Topliss-reactive ketones (excluding diaryl/α,β-unsaturated/α-hetero) is 6. The molecule has 0 spiro atoms. The van der Waals surface area contributed by atoms with E-state index in [1.54, 1.807) is 0 Å². The Labute approximate surface area is 648 Å². The Balaban J connectivity index is 1.25. The van der Waals surface area contributed by atoms with Crippen LogP contribution >= 0.6 is 0 Å². The van der Waals surface area contributed by atoms with E-state index >= 15 is 0 Å². The predicted molar refractivity (Wildman–Crippen MR) is 456 cm³/mol. The highest BCUT2D eigenvalue weighted by molar-refractivity contribution is 6.07. The van der Waals surface area contributed by atoms with Crippen LogP contribution in [-0.4, -0.2) is 34.7 Å². The van der Waals surface area contributed by atoms with Crippen LogP contribution < -0.4 is 0 Å². The molecule has 9 aromatic carbocycles. The first-order chi connectivity index (χ1) is 52.9. The molecule has 0 aliphatic heterocycles. The third-order valence-corrected chi connectivity index (χ3v) is 22.0. The molecule has 6 nitrogen and oxygen atoms in total. The van der Waals surface area contributed by atoms with Crippen molar-refractivity contribution < 1.29 is 28.8 Å². The first kappa shape index (κ1) is 83.0. The van der Waals surface area contributed by atoms with E-state index in [-0.39, 0.29) is 34.7 Å². The topological polar surface area (TPSA) is 102 Å².